The number of oxime groups is 1. The quantitative estimate of drug-likeness (QED) is 0.383. The molecule has 28 heavy (non-hydrogen) atoms. The minimum Gasteiger partial charge on any atom is -0.394 e. The SMILES string of the molecule is C/C(=N\OCCN)c1cccc(C(C)(C)NC(=O)Nc2ccc(C)c(C)c2)c1. The van der Waals surface area contributed by atoms with E-state index in [0.29, 0.717) is 13.2 Å². The zero-order valence-electron chi connectivity index (χ0n) is 17.3. The van der Waals surface area contributed by atoms with Crippen LogP contribution in [0.5, 0.6) is 0 Å². The lowest BCUT2D eigenvalue weighted by atomic mass is 9.92. The van der Waals surface area contributed by atoms with Crippen molar-refractivity contribution in [2.45, 2.75) is 40.2 Å². The maximum atomic E-state index is 12.5. The number of rotatable bonds is 7. The van der Waals surface area contributed by atoms with Crippen LogP contribution < -0.4 is 16.4 Å². The van der Waals surface area contributed by atoms with Gasteiger partial charge in [0, 0.05) is 12.2 Å². The van der Waals surface area contributed by atoms with Crippen molar-refractivity contribution in [2.24, 2.45) is 10.9 Å². The topological polar surface area (TPSA) is 88.7 Å². The standard InChI is InChI=1S/C22H30N4O2/c1-15-9-10-20(13-16(15)2)24-21(27)25-22(4,5)19-8-6-7-18(14-19)17(3)26-28-12-11-23/h6-10,13-14H,11-12,23H2,1-5H3,(H2,24,25,27)/b26-17+. The summed E-state index contributed by atoms with van der Waals surface area (Å²) in [6.07, 6.45) is 0. The Morgan fingerprint density at radius 2 is 1.89 bits per heavy atom. The molecule has 0 saturated heterocycles. The van der Waals surface area contributed by atoms with E-state index in [1.165, 1.54) is 5.56 Å². The van der Waals surface area contributed by atoms with Crippen LogP contribution in [-0.4, -0.2) is 24.9 Å². The van der Waals surface area contributed by atoms with Gasteiger partial charge in [-0.25, -0.2) is 4.79 Å². The lowest BCUT2D eigenvalue weighted by Gasteiger charge is -2.27. The summed E-state index contributed by atoms with van der Waals surface area (Å²) in [5, 5.41) is 10.0. The van der Waals surface area contributed by atoms with Crippen molar-refractivity contribution >= 4 is 17.4 Å². The molecule has 0 heterocycles. The summed E-state index contributed by atoms with van der Waals surface area (Å²) in [5.74, 6) is 0. The van der Waals surface area contributed by atoms with Gasteiger partial charge in [0.05, 0.1) is 11.3 Å². The molecule has 0 spiro atoms. The van der Waals surface area contributed by atoms with Crippen molar-refractivity contribution in [3.63, 3.8) is 0 Å². The van der Waals surface area contributed by atoms with E-state index < -0.39 is 5.54 Å². The molecule has 6 nitrogen and oxygen atoms in total. The molecule has 0 atom stereocenters. The second kappa shape index (κ2) is 9.37. The second-order valence-corrected chi connectivity index (χ2v) is 7.38. The molecular weight excluding hydrogens is 352 g/mol. The normalized spacial score (nSPS) is 11.9. The highest BCUT2D eigenvalue weighted by molar-refractivity contribution is 5.98. The van der Waals surface area contributed by atoms with E-state index in [1.807, 2.05) is 77.1 Å². The molecule has 0 aliphatic rings. The highest BCUT2D eigenvalue weighted by atomic mass is 16.6. The number of benzene rings is 2. The zero-order chi connectivity index (χ0) is 20.7. The summed E-state index contributed by atoms with van der Waals surface area (Å²) in [6.45, 7) is 10.7. The van der Waals surface area contributed by atoms with Crippen molar-refractivity contribution in [3.8, 4) is 0 Å². The number of aryl methyl sites for hydroxylation is 2. The zero-order valence-corrected chi connectivity index (χ0v) is 17.3. The maximum Gasteiger partial charge on any atom is 0.319 e. The van der Waals surface area contributed by atoms with Gasteiger partial charge in [-0.3, -0.25) is 0 Å². The van der Waals surface area contributed by atoms with Crippen LogP contribution in [0.4, 0.5) is 10.5 Å². The molecule has 0 unspecified atom stereocenters. The molecular formula is C22H30N4O2. The molecule has 2 amide bonds. The number of hydrogen-bond donors (Lipinski definition) is 3. The summed E-state index contributed by atoms with van der Waals surface area (Å²) in [7, 11) is 0. The average Bonchev–Trinajstić information content (AvgIpc) is 2.64. The number of nitrogens with one attached hydrogen (secondary N) is 2. The van der Waals surface area contributed by atoms with Gasteiger partial charge in [0.15, 0.2) is 0 Å². The third-order valence-electron chi connectivity index (χ3n) is 4.60. The Bertz CT molecular complexity index is 859. The minimum atomic E-state index is -0.571. The summed E-state index contributed by atoms with van der Waals surface area (Å²) in [4.78, 5) is 17.7. The Morgan fingerprint density at radius 1 is 1.14 bits per heavy atom. The summed E-state index contributed by atoms with van der Waals surface area (Å²) < 4.78 is 0. The Hall–Kier alpha value is -2.86. The van der Waals surface area contributed by atoms with E-state index in [1.54, 1.807) is 0 Å². The van der Waals surface area contributed by atoms with E-state index >= 15 is 0 Å². The average molecular weight is 383 g/mol. The Morgan fingerprint density at radius 3 is 2.57 bits per heavy atom. The summed E-state index contributed by atoms with van der Waals surface area (Å²) in [5.41, 5.74) is 10.6. The first-order valence-electron chi connectivity index (χ1n) is 9.37. The predicted molar refractivity (Wildman–Crippen MR) is 115 cm³/mol. The van der Waals surface area contributed by atoms with Crippen LogP contribution >= 0.6 is 0 Å². The smallest absolute Gasteiger partial charge is 0.319 e. The molecule has 0 fully saturated rings. The van der Waals surface area contributed by atoms with Gasteiger partial charge in [-0.2, -0.15) is 0 Å². The third kappa shape index (κ3) is 5.82. The van der Waals surface area contributed by atoms with Crippen molar-refractivity contribution in [3.05, 3.63) is 64.7 Å². The first kappa shape index (κ1) is 21.4. The Labute approximate surface area is 167 Å². The van der Waals surface area contributed by atoms with Gasteiger partial charge >= 0.3 is 6.03 Å². The largest absolute Gasteiger partial charge is 0.394 e. The number of anilines is 1. The molecule has 0 radical (unpaired) electrons. The number of nitrogens with zero attached hydrogens (tertiary/aromatic N) is 1. The lowest BCUT2D eigenvalue weighted by Crippen LogP contribution is -2.43. The highest BCUT2D eigenvalue weighted by Gasteiger charge is 2.23. The van der Waals surface area contributed by atoms with E-state index in [0.717, 1.165) is 28.1 Å². The molecule has 2 aromatic rings. The summed E-state index contributed by atoms with van der Waals surface area (Å²) >= 11 is 0. The van der Waals surface area contributed by atoms with E-state index in [4.69, 9.17) is 10.6 Å². The molecule has 0 saturated carbocycles. The predicted octanol–water partition coefficient (Wildman–Crippen LogP) is 4.06. The van der Waals surface area contributed by atoms with E-state index in [9.17, 15) is 4.79 Å². The molecule has 4 N–H and O–H groups in total. The molecule has 2 rings (SSSR count). The number of amides is 2. The second-order valence-electron chi connectivity index (χ2n) is 7.38. The van der Waals surface area contributed by atoms with Crippen molar-refractivity contribution in [1.29, 1.82) is 0 Å². The first-order chi connectivity index (χ1) is 13.2. The number of nitrogens with two attached hydrogens (primary N) is 1. The maximum absolute atomic E-state index is 12.5. The van der Waals surface area contributed by atoms with Gasteiger partial charge in [0.1, 0.15) is 6.61 Å². The summed E-state index contributed by atoms with van der Waals surface area (Å²) in [6, 6.07) is 13.5. The van der Waals surface area contributed by atoms with Gasteiger partial charge in [-0.1, -0.05) is 29.4 Å². The highest BCUT2D eigenvalue weighted by Crippen LogP contribution is 2.22. The Balaban J connectivity index is 2.10. The van der Waals surface area contributed by atoms with Crippen LogP contribution in [-0.2, 0) is 10.4 Å². The fraction of sp³-hybridized carbons (Fsp3) is 0.364. The monoisotopic (exact) mass is 382 g/mol. The fourth-order valence-corrected chi connectivity index (χ4v) is 2.72. The Kier molecular flexibility index (Phi) is 7.18. The van der Waals surface area contributed by atoms with Gasteiger partial charge in [-0.15, -0.1) is 0 Å². The fourth-order valence-electron chi connectivity index (χ4n) is 2.72. The number of hydrogen-bond acceptors (Lipinski definition) is 4. The molecule has 2 aromatic carbocycles. The molecule has 6 heteroatoms. The van der Waals surface area contributed by atoms with Crippen molar-refractivity contribution < 1.29 is 9.63 Å². The molecule has 0 aliphatic carbocycles. The molecule has 0 aromatic heterocycles. The van der Waals surface area contributed by atoms with Gasteiger partial charge < -0.3 is 21.2 Å². The van der Waals surface area contributed by atoms with Crippen molar-refractivity contribution in [1.82, 2.24) is 5.32 Å². The molecule has 0 bridgehead atoms. The van der Waals surface area contributed by atoms with Crippen LogP contribution in [0.15, 0.2) is 47.6 Å². The molecule has 0 aliphatic heterocycles. The van der Waals surface area contributed by atoms with E-state index in [2.05, 4.69) is 15.8 Å². The van der Waals surface area contributed by atoms with E-state index in [-0.39, 0.29) is 6.03 Å². The van der Waals surface area contributed by atoms with Crippen molar-refractivity contribution in [2.75, 3.05) is 18.5 Å². The van der Waals surface area contributed by atoms with Crippen LogP contribution in [0, 0.1) is 13.8 Å². The van der Waals surface area contributed by atoms with Gasteiger partial charge in [-0.05, 0) is 75.1 Å². The number of carbonyl (C=O) groups excluding carboxylic acids is 1. The first-order valence-corrected chi connectivity index (χ1v) is 9.37. The minimum absolute atomic E-state index is 0.254. The number of urea groups is 1. The van der Waals surface area contributed by atoms with Crippen LogP contribution in [0.2, 0.25) is 0 Å². The number of carbonyl (C=O) groups is 1. The third-order valence-corrected chi connectivity index (χ3v) is 4.60. The van der Waals surface area contributed by atoms with Gasteiger partial charge in [0.25, 0.3) is 0 Å². The van der Waals surface area contributed by atoms with Crippen LogP contribution in [0.1, 0.15) is 43.0 Å². The van der Waals surface area contributed by atoms with Crippen LogP contribution in [0.25, 0.3) is 0 Å². The van der Waals surface area contributed by atoms with Gasteiger partial charge in [0.2, 0.25) is 0 Å². The van der Waals surface area contributed by atoms with Crippen LogP contribution in [0.3, 0.4) is 0 Å². The molecule has 150 valence electrons. The lowest BCUT2D eigenvalue weighted by molar-refractivity contribution is 0.152.